The van der Waals surface area contributed by atoms with Gasteiger partial charge in [0.05, 0.1) is 0 Å². The van der Waals surface area contributed by atoms with Crippen LogP contribution in [0.3, 0.4) is 0 Å². The average molecular weight is 337 g/mol. The van der Waals surface area contributed by atoms with E-state index in [0.29, 0.717) is 26.2 Å². The third-order valence-corrected chi connectivity index (χ3v) is 4.71. The van der Waals surface area contributed by atoms with Crippen molar-refractivity contribution >= 4 is 11.8 Å². The number of rotatable bonds is 2. The smallest absolute Gasteiger partial charge is 0.260 e. The van der Waals surface area contributed by atoms with E-state index in [9.17, 15) is 18.4 Å². The van der Waals surface area contributed by atoms with Crippen molar-refractivity contribution in [2.75, 3.05) is 32.7 Å². The van der Waals surface area contributed by atoms with Crippen molar-refractivity contribution in [1.29, 1.82) is 0 Å². The highest BCUT2D eigenvalue weighted by Gasteiger charge is 2.37. The Morgan fingerprint density at radius 1 is 1.17 bits per heavy atom. The highest BCUT2D eigenvalue weighted by atomic mass is 19.1. The fraction of sp³-hybridized carbons (Fsp3) is 0.529. The summed E-state index contributed by atoms with van der Waals surface area (Å²) in [5.74, 6) is -2.66. The summed E-state index contributed by atoms with van der Waals surface area (Å²) in [6.07, 6.45) is 1.89. The van der Waals surface area contributed by atoms with Gasteiger partial charge in [-0.2, -0.15) is 0 Å². The van der Waals surface area contributed by atoms with E-state index in [1.165, 1.54) is 17.9 Å². The second-order valence-corrected chi connectivity index (χ2v) is 6.30. The molecule has 7 heteroatoms. The van der Waals surface area contributed by atoms with Crippen LogP contribution >= 0.6 is 0 Å². The predicted molar refractivity (Wildman–Crippen MR) is 84.6 cm³/mol. The summed E-state index contributed by atoms with van der Waals surface area (Å²) >= 11 is 0. The standard InChI is InChI=1S/C17H21F2N3O2/c1-11-4-5-12(18)14(15(11)19)17(24)22-9-6-20-10-13(22)16(23)21-7-2-3-8-21/h4-5,13,20H,2-3,6-10H2,1H3. The molecule has 2 saturated heterocycles. The molecule has 0 aromatic heterocycles. The molecule has 24 heavy (non-hydrogen) atoms. The number of carbonyl (C=O) groups is 2. The van der Waals surface area contributed by atoms with E-state index < -0.39 is 29.1 Å². The molecule has 1 aromatic rings. The number of carbonyl (C=O) groups excluding carboxylic acids is 2. The Labute approximate surface area is 139 Å². The van der Waals surface area contributed by atoms with Gasteiger partial charge in [0.15, 0.2) is 0 Å². The molecule has 3 rings (SSSR count). The van der Waals surface area contributed by atoms with Gasteiger partial charge in [0, 0.05) is 32.7 Å². The summed E-state index contributed by atoms with van der Waals surface area (Å²) in [6.45, 7) is 3.86. The first-order valence-electron chi connectivity index (χ1n) is 8.26. The van der Waals surface area contributed by atoms with Crippen LogP contribution in [0, 0.1) is 18.6 Å². The highest BCUT2D eigenvalue weighted by molar-refractivity contribution is 5.98. The molecule has 5 nitrogen and oxygen atoms in total. The molecule has 0 saturated carbocycles. The molecule has 1 atom stereocenters. The summed E-state index contributed by atoms with van der Waals surface area (Å²) in [6, 6.07) is 1.67. The van der Waals surface area contributed by atoms with Gasteiger partial charge in [-0.3, -0.25) is 9.59 Å². The zero-order valence-electron chi connectivity index (χ0n) is 13.6. The van der Waals surface area contributed by atoms with Crippen molar-refractivity contribution in [3.63, 3.8) is 0 Å². The first kappa shape index (κ1) is 16.8. The maximum atomic E-state index is 14.3. The Kier molecular flexibility index (Phi) is 4.80. The number of nitrogens with zero attached hydrogens (tertiary/aromatic N) is 2. The molecular formula is C17H21F2N3O2. The van der Waals surface area contributed by atoms with E-state index >= 15 is 0 Å². The van der Waals surface area contributed by atoms with Gasteiger partial charge in [-0.1, -0.05) is 6.07 Å². The highest BCUT2D eigenvalue weighted by Crippen LogP contribution is 2.21. The van der Waals surface area contributed by atoms with Gasteiger partial charge in [-0.15, -0.1) is 0 Å². The zero-order valence-corrected chi connectivity index (χ0v) is 13.6. The SMILES string of the molecule is Cc1ccc(F)c(C(=O)N2CCNCC2C(=O)N2CCCC2)c1F. The molecule has 2 heterocycles. The minimum atomic E-state index is -0.894. The molecule has 1 N–H and O–H groups in total. The largest absolute Gasteiger partial charge is 0.341 e. The molecule has 130 valence electrons. The Balaban J connectivity index is 1.89. The third kappa shape index (κ3) is 3.00. The maximum absolute atomic E-state index is 14.3. The van der Waals surface area contributed by atoms with Gasteiger partial charge in [-0.05, 0) is 31.4 Å². The lowest BCUT2D eigenvalue weighted by Gasteiger charge is -2.37. The van der Waals surface area contributed by atoms with E-state index in [4.69, 9.17) is 0 Å². The van der Waals surface area contributed by atoms with Crippen molar-refractivity contribution in [1.82, 2.24) is 15.1 Å². The summed E-state index contributed by atoms with van der Waals surface area (Å²) in [5.41, 5.74) is -0.367. The van der Waals surface area contributed by atoms with Gasteiger partial charge >= 0.3 is 0 Å². The Morgan fingerprint density at radius 2 is 1.88 bits per heavy atom. The quantitative estimate of drug-likeness (QED) is 0.885. The van der Waals surface area contributed by atoms with Crippen molar-refractivity contribution < 1.29 is 18.4 Å². The van der Waals surface area contributed by atoms with E-state index in [1.54, 1.807) is 4.90 Å². The second-order valence-electron chi connectivity index (χ2n) is 6.30. The summed E-state index contributed by atoms with van der Waals surface area (Å²) in [4.78, 5) is 28.5. The number of hydrogen-bond donors (Lipinski definition) is 1. The monoisotopic (exact) mass is 337 g/mol. The number of likely N-dealkylation sites (tertiary alicyclic amines) is 1. The van der Waals surface area contributed by atoms with Crippen molar-refractivity contribution in [3.8, 4) is 0 Å². The zero-order chi connectivity index (χ0) is 17.3. The lowest BCUT2D eigenvalue weighted by molar-refractivity contribution is -0.135. The number of halogens is 2. The fourth-order valence-electron chi connectivity index (χ4n) is 3.31. The van der Waals surface area contributed by atoms with Gasteiger partial charge in [-0.25, -0.2) is 8.78 Å². The molecule has 1 unspecified atom stereocenters. The van der Waals surface area contributed by atoms with Crippen LogP contribution in [0.4, 0.5) is 8.78 Å². The van der Waals surface area contributed by atoms with Gasteiger partial charge in [0.25, 0.3) is 5.91 Å². The van der Waals surface area contributed by atoms with Crippen LogP contribution in [0.5, 0.6) is 0 Å². The van der Waals surface area contributed by atoms with E-state index in [1.807, 2.05) is 0 Å². The average Bonchev–Trinajstić information content (AvgIpc) is 3.12. The van der Waals surface area contributed by atoms with Crippen LogP contribution in [0.25, 0.3) is 0 Å². The number of benzene rings is 1. The van der Waals surface area contributed by atoms with E-state index in [0.717, 1.165) is 18.9 Å². The lowest BCUT2D eigenvalue weighted by atomic mass is 10.1. The molecular weight excluding hydrogens is 316 g/mol. The minimum Gasteiger partial charge on any atom is -0.341 e. The van der Waals surface area contributed by atoms with Crippen LogP contribution in [0.2, 0.25) is 0 Å². The number of nitrogens with one attached hydrogen (secondary N) is 1. The molecule has 0 spiro atoms. The molecule has 2 aliphatic rings. The van der Waals surface area contributed by atoms with Crippen LogP contribution < -0.4 is 5.32 Å². The fourth-order valence-corrected chi connectivity index (χ4v) is 3.31. The normalized spacial score (nSPS) is 21.2. The molecule has 2 aliphatic heterocycles. The van der Waals surface area contributed by atoms with Crippen molar-refractivity contribution in [2.24, 2.45) is 0 Å². The van der Waals surface area contributed by atoms with Gasteiger partial charge in [0.2, 0.25) is 5.91 Å². The molecule has 2 amide bonds. The third-order valence-electron chi connectivity index (χ3n) is 4.71. The van der Waals surface area contributed by atoms with Crippen LogP contribution in [-0.4, -0.2) is 60.4 Å². The maximum Gasteiger partial charge on any atom is 0.260 e. The molecule has 0 bridgehead atoms. The first-order valence-corrected chi connectivity index (χ1v) is 8.26. The van der Waals surface area contributed by atoms with Crippen LogP contribution in [0.1, 0.15) is 28.8 Å². The minimum absolute atomic E-state index is 0.151. The number of piperazine rings is 1. The molecule has 0 radical (unpaired) electrons. The Bertz CT molecular complexity index is 659. The summed E-state index contributed by atoms with van der Waals surface area (Å²) < 4.78 is 28.4. The van der Waals surface area contributed by atoms with Crippen LogP contribution in [0.15, 0.2) is 12.1 Å². The lowest BCUT2D eigenvalue weighted by Crippen LogP contribution is -2.60. The topological polar surface area (TPSA) is 52.7 Å². The van der Waals surface area contributed by atoms with Crippen molar-refractivity contribution in [3.05, 3.63) is 34.9 Å². The molecule has 2 fully saturated rings. The first-order chi connectivity index (χ1) is 11.5. The van der Waals surface area contributed by atoms with Crippen LogP contribution in [-0.2, 0) is 4.79 Å². The van der Waals surface area contributed by atoms with Crippen molar-refractivity contribution in [2.45, 2.75) is 25.8 Å². The Hall–Kier alpha value is -2.02. The number of aryl methyl sites for hydroxylation is 1. The molecule has 0 aliphatic carbocycles. The number of amides is 2. The summed E-state index contributed by atoms with van der Waals surface area (Å²) in [7, 11) is 0. The van der Waals surface area contributed by atoms with E-state index in [2.05, 4.69) is 5.32 Å². The summed E-state index contributed by atoms with van der Waals surface area (Å²) in [5, 5.41) is 3.09. The second kappa shape index (κ2) is 6.84. The van der Waals surface area contributed by atoms with Gasteiger partial charge < -0.3 is 15.1 Å². The van der Waals surface area contributed by atoms with Gasteiger partial charge in [0.1, 0.15) is 23.2 Å². The Morgan fingerprint density at radius 3 is 2.58 bits per heavy atom. The van der Waals surface area contributed by atoms with E-state index in [-0.39, 0.29) is 18.0 Å². The number of hydrogen-bond acceptors (Lipinski definition) is 3. The predicted octanol–water partition coefficient (Wildman–Crippen LogP) is 1.31. The molecule has 1 aromatic carbocycles.